The summed E-state index contributed by atoms with van der Waals surface area (Å²) in [6.07, 6.45) is 0.591. The predicted molar refractivity (Wildman–Crippen MR) is 130 cm³/mol. The Morgan fingerprint density at radius 2 is 2.03 bits per heavy atom. The summed E-state index contributed by atoms with van der Waals surface area (Å²) in [6, 6.07) is 6.11. The zero-order valence-electron chi connectivity index (χ0n) is 19.9. The molecule has 2 aromatic rings. The van der Waals surface area contributed by atoms with E-state index in [-0.39, 0.29) is 16.3 Å². The van der Waals surface area contributed by atoms with E-state index >= 15 is 0 Å². The van der Waals surface area contributed by atoms with Crippen molar-refractivity contribution in [2.45, 2.75) is 44.5 Å². The van der Waals surface area contributed by atoms with E-state index in [1.165, 1.54) is 22.8 Å². The molecule has 0 saturated carbocycles. The van der Waals surface area contributed by atoms with Crippen molar-refractivity contribution in [1.82, 2.24) is 9.21 Å². The van der Waals surface area contributed by atoms with Gasteiger partial charge in [-0.05, 0) is 43.0 Å². The van der Waals surface area contributed by atoms with Gasteiger partial charge in [-0.3, -0.25) is 4.90 Å². The number of rotatable bonds is 9. The highest BCUT2D eigenvalue weighted by Crippen LogP contribution is 2.38. The van der Waals surface area contributed by atoms with Crippen LogP contribution >= 0.6 is 11.3 Å². The van der Waals surface area contributed by atoms with Crippen LogP contribution in [-0.2, 0) is 34.3 Å². The zero-order valence-corrected chi connectivity index (χ0v) is 21.6. The first-order valence-electron chi connectivity index (χ1n) is 10.9. The quantitative estimate of drug-likeness (QED) is 0.389. The van der Waals surface area contributed by atoms with Gasteiger partial charge in [0.25, 0.3) is 10.0 Å². The number of esters is 1. The Labute approximate surface area is 200 Å². The number of hydrogen-bond acceptors (Lipinski definition) is 7. The monoisotopic (exact) mass is 492 g/mol. The van der Waals surface area contributed by atoms with Crippen molar-refractivity contribution < 1.29 is 22.7 Å². The van der Waals surface area contributed by atoms with Crippen LogP contribution in [0.25, 0.3) is 0 Å². The van der Waals surface area contributed by atoms with E-state index < -0.39 is 16.0 Å². The average molecular weight is 493 g/mol. The van der Waals surface area contributed by atoms with Gasteiger partial charge in [0.15, 0.2) is 0 Å². The van der Waals surface area contributed by atoms with Crippen molar-refractivity contribution in [2.75, 3.05) is 33.9 Å². The lowest BCUT2D eigenvalue weighted by atomic mass is 10.0. The van der Waals surface area contributed by atoms with Gasteiger partial charge in [0.1, 0.15) is 9.96 Å². The van der Waals surface area contributed by atoms with Gasteiger partial charge in [-0.1, -0.05) is 31.2 Å². The lowest BCUT2D eigenvalue weighted by Crippen LogP contribution is -2.33. The van der Waals surface area contributed by atoms with Crippen LogP contribution in [0.2, 0.25) is 0 Å². The fourth-order valence-corrected chi connectivity index (χ4v) is 7.71. The van der Waals surface area contributed by atoms with E-state index in [0.717, 1.165) is 46.0 Å². The van der Waals surface area contributed by atoms with Crippen LogP contribution in [0.4, 0.5) is 0 Å². The maximum absolute atomic E-state index is 13.5. The van der Waals surface area contributed by atoms with Gasteiger partial charge in [-0.2, -0.15) is 4.31 Å². The molecule has 1 aromatic carbocycles. The van der Waals surface area contributed by atoms with Crippen molar-refractivity contribution >= 4 is 27.3 Å². The second-order valence-electron chi connectivity index (χ2n) is 8.31. The molecule has 7 nitrogen and oxygen atoms in total. The number of thiophene rings is 1. The third-order valence-electron chi connectivity index (χ3n) is 5.73. The molecule has 1 aliphatic rings. The highest BCUT2D eigenvalue weighted by atomic mass is 32.2. The normalized spacial score (nSPS) is 14.2. The standard InChI is InChI=1S/C24H32N2O5S2/c1-7-26(13-16(2)3)33(28,29)24-22(23(27)31-6)19-10-11-25(15-21(19)32-24)14-18-8-9-20(30-5)17(4)12-18/h8-9,12H,2,7,10-11,13-15H2,1,3-6H3. The van der Waals surface area contributed by atoms with Crippen molar-refractivity contribution in [3.05, 3.63) is 57.5 Å². The Balaban J connectivity index is 1.94. The van der Waals surface area contributed by atoms with E-state index in [4.69, 9.17) is 9.47 Å². The Morgan fingerprint density at radius 1 is 1.30 bits per heavy atom. The molecule has 33 heavy (non-hydrogen) atoms. The molecule has 0 N–H and O–H groups in total. The van der Waals surface area contributed by atoms with Gasteiger partial charge in [0, 0.05) is 37.6 Å². The van der Waals surface area contributed by atoms with Crippen molar-refractivity contribution in [2.24, 2.45) is 0 Å². The maximum Gasteiger partial charge on any atom is 0.340 e. The van der Waals surface area contributed by atoms with Gasteiger partial charge < -0.3 is 9.47 Å². The van der Waals surface area contributed by atoms with E-state index in [1.807, 2.05) is 19.1 Å². The number of ether oxygens (including phenoxy) is 2. The summed E-state index contributed by atoms with van der Waals surface area (Å²) < 4.78 is 38.8. The maximum atomic E-state index is 13.5. The Hall–Kier alpha value is -2.20. The van der Waals surface area contributed by atoms with Crippen LogP contribution in [-0.4, -0.2) is 57.4 Å². The van der Waals surface area contributed by atoms with Crippen LogP contribution in [0, 0.1) is 6.92 Å². The molecule has 9 heteroatoms. The average Bonchev–Trinajstić information content (AvgIpc) is 3.16. The molecule has 0 fully saturated rings. The number of sulfonamides is 1. The molecule has 2 heterocycles. The number of fused-ring (bicyclic) bond motifs is 1. The van der Waals surface area contributed by atoms with Crippen LogP contribution < -0.4 is 4.74 Å². The number of methoxy groups -OCH3 is 2. The van der Waals surface area contributed by atoms with E-state index in [0.29, 0.717) is 19.5 Å². The predicted octanol–water partition coefficient (Wildman–Crippen LogP) is 4.00. The molecule has 0 atom stereocenters. The zero-order chi connectivity index (χ0) is 24.3. The van der Waals surface area contributed by atoms with Crippen LogP contribution in [0.15, 0.2) is 34.6 Å². The summed E-state index contributed by atoms with van der Waals surface area (Å²) in [5.74, 6) is 0.252. The number of aryl methyl sites for hydroxylation is 1. The van der Waals surface area contributed by atoms with Crippen LogP contribution in [0.3, 0.4) is 0 Å². The first-order valence-corrected chi connectivity index (χ1v) is 13.1. The fourth-order valence-electron chi connectivity index (χ4n) is 4.14. The fraction of sp³-hybridized carbons (Fsp3) is 0.458. The molecular weight excluding hydrogens is 460 g/mol. The lowest BCUT2D eigenvalue weighted by molar-refractivity contribution is 0.0595. The van der Waals surface area contributed by atoms with Gasteiger partial charge in [0.2, 0.25) is 0 Å². The van der Waals surface area contributed by atoms with Gasteiger partial charge in [-0.25, -0.2) is 13.2 Å². The van der Waals surface area contributed by atoms with Gasteiger partial charge in [0.05, 0.1) is 19.8 Å². The van der Waals surface area contributed by atoms with Gasteiger partial charge >= 0.3 is 5.97 Å². The minimum Gasteiger partial charge on any atom is -0.496 e. The molecular formula is C24H32N2O5S2. The molecule has 0 saturated heterocycles. The van der Waals surface area contributed by atoms with Crippen molar-refractivity contribution in [3.8, 4) is 5.75 Å². The second kappa shape index (κ2) is 10.4. The highest BCUT2D eigenvalue weighted by Gasteiger charge is 2.36. The molecule has 0 spiro atoms. The topological polar surface area (TPSA) is 76.2 Å². The van der Waals surface area contributed by atoms with Crippen LogP contribution in [0.1, 0.15) is 45.8 Å². The molecule has 0 bridgehead atoms. The first-order chi connectivity index (χ1) is 15.6. The number of carbonyl (C=O) groups excluding carboxylic acids is 1. The summed E-state index contributed by atoms with van der Waals surface area (Å²) >= 11 is 1.19. The van der Waals surface area contributed by atoms with Crippen molar-refractivity contribution in [1.29, 1.82) is 0 Å². The molecule has 1 aromatic heterocycles. The SMILES string of the molecule is C=C(C)CN(CC)S(=O)(=O)c1sc2c(c1C(=O)OC)CCN(Cc1ccc(OC)c(C)c1)C2. The minimum absolute atomic E-state index is 0.0737. The molecule has 1 aliphatic heterocycles. The molecule has 0 radical (unpaired) electrons. The summed E-state index contributed by atoms with van der Waals surface area (Å²) in [5.41, 5.74) is 3.95. The Kier molecular flexibility index (Phi) is 8.00. The number of hydrogen-bond donors (Lipinski definition) is 0. The van der Waals surface area contributed by atoms with Crippen molar-refractivity contribution in [3.63, 3.8) is 0 Å². The first kappa shape index (κ1) is 25.4. The Bertz CT molecular complexity index is 1150. The minimum atomic E-state index is -3.86. The lowest BCUT2D eigenvalue weighted by Gasteiger charge is -2.27. The highest BCUT2D eigenvalue weighted by molar-refractivity contribution is 7.91. The number of likely N-dealkylation sites (N-methyl/N-ethyl adjacent to an activating group) is 1. The molecule has 180 valence electrons. The van der Waals surface area contributed by atoms with Gasteiger partial charge in [-0.15, -0.1) is 11.3 Å². The Morgan fingerprint density at radius 3 is 2.61 bits per heavy atom. The smallest absolute Gasteiger partial charge is 0.340 e. The second-order valence-corrected chi connectivity index (χ2v) is 11.5. The summed E-state index contributed by atoms with van der Waals surface area (Å²) in [6.45, 7) is 12.0. The van der Waals surface area contributed by atoms with E-state index in [9.17, 15) is 13.2 Å². The molecule has 0 amide bonds. The number of carbonyl (C=O) groups is 1. The summed E-state index contributed by atoms with van der Waals surface area (Å²) in [5, 5.41) is 0. The summed E-state index contributed by atoms with van der Waals surface area (Å²) in [4.78, 5) is 15.8. The van der Waals surface area contributed by atoms with E-state index in [2.05, 4.69) is 17.5 Å². The number of benzene rings is 1. The largest absolute Gasteiger partial charge is 0.496 e. The third kappa shape index (κ3) is 5.32. The van der Waals surface area contributed by atoms with E-state index in [1.54, 1.807) is 21.0 Å². The molecule has 0 unspecified atom stereocenters. The number of nitrogens with zero attached hydrogens (tertiary/aromatic N) is 2. The molecule has 3 rings (SSSR count). The third-order valence-corrected chi connectivity index (χ3v) is 9.36. The summed E-state index contributed by atoms with van der Waals surface area (Å²) in [7, 11) is -0.913. The van der Waals surface area contributed by atoms with Crippen LogP contribution in [0.5, 0.6) is 5.75 Å². The molecule has 0 aliphatic carbocycles.